The molecule has 3 nitrogen and oxygen atoms in total. The van der Waals surface area contributed by atoms with Crippen LogP contribution in [-0.2, 0) is 10.7 Å². The molecule has 0 aliphatic heterocycles. The van der Waals surface area contributed by atoms with Gasteiger partial charge in [-0.3, -0.25) is 4.57 Å². The number of unbranched alkanes of at least 4 members (excludes halogenated alkanes) is 1. The molecule has 1 atom stereocenters. The molecule has 0 N–H and O–H groups in total. The fourth-order valence-corrected chi connectivity index (χ4v) is 6.46. The SMILES string of the molecule is CCCCSP(=O)(Oc1c(F)c(F)nc(F)c1C(F)(F)F)SC. The number of hydrogen-bond acceptors (Lipinski definition) is 5. The normalized spacial score (nSPS) is 14.6. The van der Waals surface area contributed by atoms with Gasteiger partial charge in [-0.1, -0.05) is 24.7 Å². The number of alkyl halides is 3. The molecule has 0 bridgehead atoms. The monoisotopic (exact) mass is 399 g/mol. The maximum absolute atomic E-state index is 13.7. The van der Waals surface area contributed by atoms with E-state index in [1.165, 1.54) is 6.26 Å². The van der Waals surface area contributed by atoms with Crippen molar-refractivity contribution in [2.45, 2.75) is 25.9 Å². The molecule has 0 fully saturated rings. The van der Waals surface area contributed by atoms with Gasteiger partial charge in [-0.15, -0.1) is 0 Å². The van der Waals surface area contributed by atoms with Gasteiger partial charge < -0.3 is 4.52 Å². The lowest BCUT2D eigenvalue weighted by atomic mass is 10.2. The molecule has 1 aromatic rings. The van der Waals surface area contributed by atoms with Crippen LogP contribution in [0.3, 0.4) is 0 Å². The molecule has 0 saturated heterocycles. The van der Waals surface area contributed by atoms with Crippen molar-refractivity contribution in [3.05, 3.63) is 23.3 Å². The molecule has 1 unspecified atom stereocenters. The van der Waals surface area contributed by atoms with E-state index < -0.39 is 41.0 Å². The van der Waals surface area contributed by atoms with Crippen LogP contribution in [0.1, 0.15) is 25.3 Å². The van der Waals surface area contributed by atoms with Gasteiger partial charge in [0, 0.05) is 5.75 Å². The Hall–Kier alpha value is -0.540. The predicted molar refractivity (Wildman–Crippen MR) is 78.2 cm³/mol. The molecule has 1 rings (SSSR count). The van der Waals surface area contributed by atoms with E-state index in [2.05, 4.69) is 9.51 Å². The summed E-state index contributed by atoms with van der Waals surface area (Å²) in [6.07, 6.45) is -2.80. The van der Waals surface area contributed by atoms with Crippen molar-refractivity contribution in [2.24, 2.45) is 0 Å². The summed E-state index contributed by atoms with van der Waals surface area (Å²) in [4.78, 5) is 2.22. The lowest BCUT2D eigenvalue weighted by molar-refractivity contribution is -0.141. The van der Waals surface area contributed by atoms with Gasteiger partial charge >= 0.3 is 11.9 Å². The summed E-state index contributed by atoms with van der Waals surface area (Å²) in [6, 6.07) is 0. The van der Waals surface area contributed by atoms with E-state index in [4.69, 9.17) is 0 Å². The first kappa shape index (κ1) is 20.5. The summed E-state index contributed by atoms with van der Waals surface area (Å²) < 4.78 is 95.7. The van der Waals surface area contributed by atoms with Gasteiger partial charge in [-0.25, -0.2) is 0 Å². The van der Waals surface area contributed by atoms with Gasteiger partial charge in [-0.2, -0.15) is 31.3 Å². The summed E-state index contributed by atoms with van der Waals surface area (Å²) in [6.45, 7) is 1.83. The maximum Gasteiger partial charge on any atom is 0.424 e. The number of nitrogens with zero attached hydrogens (tertiary/aromatic N) is 1. The maximum atomic E-state index is 13.7. The molecule has 0 amide bonds. The van der Waals surface area contributed by atoms with Crippen molar-refractivity contribution < 1.29 is 35.4 Å². The first-order valence-electron chi connectivity index (χ1n) is 6.17. The number of aromatic nitrogens is 1. The number of hydrogen-bond donors (Lipinski definition) is 0. The highest BCUT2D eigenvalue weighted by molar-refractivity contribution is 8.89. The van der Waals surface area contributed by atoms with E-state index in [-0.39, 0.29) is 5.75 Å². The second kappa shape index (κ2) is 8.02. The summed E-state index contributed by atoms with van der Waals surface area (Å²) in [7, 11) is 0. The Bertz CT molecular complexity index is 613. The molecule has 0 aromatic carbocycles. The average molecular weight is 399 g/mol. The van der Waals surface area contributed by atoms with E-state index in [0.29, 0.717) is 29.2 Å². The Morgan fingerprint density at radius 2 is 1.83 bits per heavy atom. The second-order valence-electron chi connectivity index (χ2n) is 4.12. The van der Waals surface area contributed by atoms with Crippen LogP contribution in [0, 0.1) is 17.7 Å². The fraction of sp³-hybridized carbons (Fsp3) is 0.545. The minimum absolute atomic E-state index is 0.271. The van der Waals surface area contributed by atoms with E-state index in [9.17, 15) is 30.9 Å². The highest BCUT2D eigenvalue weighted by Crippen LogP contribution is 2.69. The van der Waals surface area contributed by atoms with Crippen LogP contribution in [0.15, 0.2) is 0 Å². The van der Waals surface area contributed by atoms with Crippen LogP contribution >= 0.6 is 28.5 Å². The molecule has 1 heterocycles. The Labute approximate surface area is 136 Å². The molecule has 0 aliphatic carbocycles. The molecule has 0 aliphatic rings. The third-order valence-electron chi connectivity index (χ3n) is 2.47. The van der Waals surface area contributed by atoms with E-state index in [0.717, 1.165) is 6.42 Å². The third-order valence-corrected chi connectivity index (χ3v) is 9.68. The van der Waals surface area contributed by atoms with Crippen molar-refractivity contribution in [3.63, 3.8) is 0 Å². The molecular weight excluding hydrogens is 387 g/mol. The van der Waals surface area contributed by atoms with Crippen molar-refractivity contribution in [1.82, 2.24) is 4.98 Å². The highest BCUT2D eigenvalue weighted by atomic mass is 33.1. The average Bonchev–Trinajstić information content (AvgIpc) is 2.43. The first-order valence-corrected chi connectivity index (χ1v) is 11.2. The minimum atomic E-state index is -5.39. The van der Waals surface area contributed by atoms with Gasteiger partial charge in [0.15, 0.2) is 11.3 Å². The standard InChI is InChI=1S/C11H12F6NO2PS2/c1-3-4-5-23-21(19,22-2)20-8-6(11(15,16)17)9(13)18-10(14)7(8)12/h3-5H2,1-2H3. The minimum Gasteiger partial charge on any atom is -0.425 e. The third kappa shape index (κ3) is 5.22. The zero-order valence-electron chi connectivity index (χ0n) is 11.9. The number of halogens is 6. The summed E-state index contributed by atoms with van der Waals surface area (Å²) >= 11 is 1.23. The van der Waals surface area contributed by atoms with Crippen molar-refractivity contribution in [1.29, 1.82) is 0 Å². The zero-order valence-corrected chi connectivity index (χ0v) is 14.4. The molecule has 23 heavy (non-hydrogen) atoms. The molecule has 0 saturated carbocycles. The van der Waals surface area contributed by atoms with Gasteiger partial charge in [0.1, 0.15) is 0 Å². The van der Waals surface area contributed by atoms with Crippen LogP contribution in [0.5, 0.6) is 5.75 Å². The molecule has 132 valence electrons. The van der Waals surface area contributed by atoms with Crippen molar-refractivity contribution >= 4 is 28.5 Å². The quantitative estimate of drug-likeness (QED) is 0.247. The lowest BCUT2D eigenvalue weighted by Gasteiger charge is -2.20. The smallest absolute Gasteiger partial charge is 0.424 e. The molecule has 0 spiro atoms. The first-order chi connectivity index (χ1) is 10.6. The van der Waals surface area contributed by atoms with Gasteiger partial charge in [0.25, 0.3) is 5.95 Å². The van der Waals surface area contributed by atoms with E-state index in [1.54, 1.807) is 0 Å². The largest absolute Gasteiger partial charge is 0.425 e. The lowest BCUT2D eigenvalue weighted by Crippen LogP contribution is -2.15. The van der Waals surface area contributed by atoms with Crippen LogP contribution in [0.25, 0.3) is 0 Å². The Morgan fingerprint density at radius 1 is 1.22 bits per heavy atom. The molecule has 0 radical (unpaired) electrons. The van der Waals surface area contributed by atoms with Gasteiger partial charge in [-0.05, 0) is 24.1 Å². The second-order valence-corrected chi connectivity index (χ2v) is 11.7. The topological polar surface area (TPSA) is 39.2 Å². The Balaban J connectivity index is 3.32. The summed E-state index contributed by atoms with van der Waals surface area (Å²) in [5, 5.41) is 0. The van der Waals surface area contributed by atoms with Crippen molar-refractivity contribution in [3.8, 4) is 5.75 Å². The predicted octanol–water partition coefficient (Wildman–Crippen LogP) is 5.90. The van der Waals surface area contributed by atoms with Crippen LogP contribution in [-0.4, -0.2) is 17.0 Å². The van der Waals surface area contributed by atoms with Crippen LogP contribution < -0.4 is 4.52 Å². The van der Waals surface area contributed by atoms with Gasteiger partial charge in [0.05, 0.1) is 0 Å². The Kier molecular flexibility index (Phi) is 7.15. The van der Waals surface area contributed by atoms with Crippen molar-refractivity contribution in [2.75, 3.05) is 12.0 Å². The number of rotatable bonds is 7. The van der Waals surface area contributed by atoms with Gasteiger partial charge in [0.2, 0.25) is 11.8 Å². The Morgan fingerprint density at radius 3 is 2.30 bits per heavy atom. The zero-order chi connectivity index (χ0) is 17.8. The summed E-state index contributed by atoms with van der Waals surface area (Å²) in [5.74, 6) is -11.9. The molecule has 1 aromatic heterocycles. The molecule has 12 heteroatoms. The van der Waals surface area contributed by atoms with Crippen LogP contribution in [0.4, 0.5) is 26.3 Å². The summed E-state index contributed by atoms with van der Waals surface area (Å²) in [5.41, 5.74) is -2.22. The number of pyridine rings is 1. The molecular formula is C11H12F6NO2PS2. The highest BCUT2D eigenvalue weighted by Gasteiger charge is 2.43. The fourth-order valence-electron chi connectivity index (χ4n) is 1.37. The van der Waals surface area contributed by atoms with E-state index >= 15 is 0 Å². The van der Waals surface area contributed by atoms with Crippen LogP contribution in [0.2, 0.25) is 0 Å². The van der Waals surface area contributed by atoms with E-state index in [1.807, 2.05) is 6.92 Å².